The second-order valence-electron chi connectivity index (χ2n) is 4.98. The van der Waals surface area contributed by atoms with Crippen molar-refractivity contribution in [1.82, 2.24) is 5.32 Å². The average Bonchev–Trinajstić information content (AvgIpc) is 2.48. The minimum absolute atomic E-state index is 0.0937. The lowest BCUT2D eigenvalue weighted by Crippen LogP contribution is -2.24. The first-order valence-electron chi connectivity index (χ1n) is 7.03. The molecule has 0 aliphatic carbocycles. The van der Waals surface area contributed by atoms with Gasteiger partial charge in [-0.05, 0) is 64.6 Å². The van der Waals surface area contributed by atoms with E-state index in [4.69, 9.17) is 0 Å². The monoisotopic (exact) mass is 413 g/mol. The summed E-state index contributed by atoms with van der Waals surface area (Å²) in [4.78, 5) is 0. The molecule has 0 saturated heterocycles. The van der Waals surface area contributed by atoms with Crippen LogP contribution in [0.15, 0.2) is 51.4 Å². The standard InChI is InChI=1S/C17H18Br2FN/c1-2-10-21-16(11-12-6-8-13(18)9-7-12)14-4-3-5-15(20)17(14)19/h3-9,16,21H,2,10-11H2,1H3. The van der Waals surface area contributed by atoms with Gasteiger partial charge in [-0.1, -0.05) is 47.1 Å². The number of rotatable bonds is 6. The Hall–Kier alpha value is -0.710. The molecule has 0 spiro atoms. The number of nitrogens with one attached hydrogen (secondary N) is 1. The number of hydrogen-bond acceptors (Lipinski definition) is 1. The average molecular weight is 415 g/mol. The molecule has 2 aromatic rings. The third-order valence-corrected chi connectivity index (χ3v) is 4.72. The minimum Gasteiger partial charge on any atom is -0.310 e. The maximum absolute atomic E-state index is 13.8. The lowest BCUT2D eigenvalue weighted by Gasteiger charge is -2.21. The van der Waals surface area contributed by atoms with Gasteiger partial charge in [-0.15, -0.1) is 0 Å². The Balaban J connectivity index is 2.25. The molecule has 0 aliphatic heterocycles. The van der Waals surface area contributed by atoms with Gasteiger partial charge in [-0.3, -0.25) is 0 Å². The zero-order valence-corrected chi connectivity index (χ0v) is 15.0. The lowest BCUT2D eigenvalue weighted by atomic mass is 9.98. The van der Waals surface area contributed by atoms with Crippen molar-refractivity contribution in [2.75, 3.05) is 6.54 Å². The lowest BCUT2D eigenvalue weighted by molar-refractivity contribution is 0.521. The first-order chi connectivity index (χ1) is 10.1. The Labute approximate surface area is 142 Å². The molecule has 4 heteroatoms. The van der Waals surface area contributed by atoms with Gasteiger partial charge in [0.1, 0.15) is 5.82 Å². The summed E-state index contributed by atoms with van der Waals surface area (Å²) >= 11 is 6.82. The maximum atomic E-state index is 13.8. The van der Waals surface area contributed by atoms with E-state index in [9.17, 15) is 4.39 Å². The second-order valence-corrected chi connectivity index (χ2v) is 6.69. The number of hydrogen-bond donors (Lipinski definition) is 1. The maximum Gasteiger partial charge on any atom is 0.137 e. The van der Waals surface area contributed by atoms with Crippen LogP contribution in [0.2, 0.25) is 0 Å². The molecule has 0 bridgehead atoms. The Bertz CT molecular complexity index is 584. The van der Waals surface area contributed by atoms with E-state index in [0.717, 1.165) is 29.4 Å². The van der Waals surface area contributed by atoms with Crippen molar-refractivity contribution in [3.8, 4) is 0 Å². The van der Waals surface area contributed by atoms with Crippen LogP contribution in [-0.2, 0) is 6.42 Å². The van der Waals surface area contributed by atoms with Gasteiger partial charge in [-0.25, -0.2) is 4.39 Å². The highest BCUT2D eigenvalue weighted by Crippen LogP contribution is 2.28. The van der Waals surface area contributed by atoms with Crippen LogP contribution < -0.4 is 5.32 Å². The molecule has 1 atom stereocenters. The van der Waals surface area contributed by atoms with E-state index in [1.54, 1.807) is 6.07 Å². The highest BCUT2D eigenvalue weighted by molar-refractivity contribution is 9.10. The molecule has 0 amide bonds. The van der Waals surface area contributed by atoms with Crippen molar-refractivity contribution in [1.29, 1.82) is 0 Å². The van der Waals surface area contributed by atoms with E-state index in [0.29, 0.717) is 4.47 Å². The number of benzene rings is 2. The highest BCUT2D eigenvalue weighted by Gasteiger charge is 2.16. The molecule has 112 valence electrons. The van der Waals surface area contributed by atoms with Gasteiger partial charge in [0.05, 0.1) is 4.47 Å². The van der Waals surface area contributed by atoms with Crippen molar-refractivity contribution in [3.63, 3.8) is 0 Å². The summed E-state index contributed by atoms with van der Waals surface area (Å²) in [6.07, 6.45) is 1.87. The normalized spacial score (nSPS) is 12.4. The summed E-state index contributed by atoms with van der Waals surface area (Å²) in [5, 5.41) is 3.51. The molecule has 2 rings (SSSR count). The molecule has 0 heterocycles. The van der Waals surface area contributed by atoms with Crippen molar-refractivity contribution >= 4 is 31.9 Å². The molecule has 0 radical (unpaired) electrons. The predicted octanol–water partition coefficient (Wildman–Crippen LogP) is 5.63. The van der Waals surface area contributed by atoms with E-state index in [2.05, 4.69) is 56.2 Å². The van der Waals surface area contributed by atoms with Crippen LogP contribution in [0.25, 0.3) is 0 Å². The third kappa shape index (κ3) is 4.63. The van der Waals surface area contributed by atoms with Crippen LogP contribution in [0.4, 0.5) is 4.39 Å². The predicted molar refractivity (Wildman–Crippen MR) is 93.0 cm³/mol. The summed E-state index contributed by atoms with van der Waals surface area (Å²) < 4.78 is 15.4. The summed E-state index contributed by atoms with van der Waals surface area (Å²) in [6, 6.07) is 13.6. The molecule has 0 saturated carbocycles. The van der Waals surface area contributed by atoms with Crippen LogP contribution in [-0.4, -0.2) is 6.54 Å². The fourth-order valence-corrected chi connectivity index (χ4v) is 3.06. The molecular formula is C17H18Br2FN. The van der Waals surface area contributed by atoms with Crippen molar-refractivity contribution in [3.05, 3.63) is 68.4 Å². The molecule has 0 aliphatic rings. The topological polar surface area (TPSA) is 12.0 Å². The number of halogens is 3. The minimum atomic E-state index is -0.216. The zero-order chi connectivity index (χ0) is 15.2. The summed E-state index contributed by atoms with van der Waals surface area (Å²) in [6.45, 7) is 3.04. The smallest absolute Gasteiger partial charge is 0.137 e. The van der Waals surface area contributed by atoms with Gasteiger partial charge >= 0.3 is 0 Å². The quantitative estimate of drug-likeness (QED) is 0.645. The Kier molecular flexibility index (Phi) is 6.40. The molecule has 1 N–H and O–H groups in total. The van der Waals surface area contributed by atoms with E-state index in [1.165, 1.54) is 11.6 Å². The Morgan fingerprint density at radius 2 is 1.81 bits per heavy atom. The van der Waals surface area contributed by atoms with Crippen LogP contribution >= 0.6 is 31.9 Å². The fourth-order valence-electron chi connectivity index (χ4n) is 2.26. The van der Waals surface area contributed by atoms with Crippen molar-refractivity contribution in [2.45, 2.75) is 25.8 Å². The highest BCUT2D eigenvalue weighted by atomic mass is 79.9. The molecule has 2 aromatic carbocycles. The van der Waals surface area contributed by atoms with Crippen LogP contribution in [0.1, 0.15) is 30.5 Å². The second kappa shape index (κ2) is 8.06. The van der Waals surface area contributed by atoms with E-state index in [-0.39, 0.29) is 11.9 Å². The largest absolute Gasteiger partial charge is 0.310 e. The molecule has 0 fully saturated rings. The van der Waals surface area contributed by atoms with E-state index in [1.807, 2.05) is 18.2 Å². The van der Waals surface area contributed by atoms with Gasteiger partial charge in [-0.2, -0.15) is 0 Å². The summed E-state index contributed by atoms with van der Waals surface area (Å²) in [7, 11) is 0. The van der Waals surface area contributed by atoms with Crippen LogP contribution in [0.5, 0.6) is 0 Å². The van der Waals surface area contributed by atoms with Crippen molar-refractivity contribution < 1.29 is 4.39 Å². The van der Waals surface area contributed by atoms with Gasteiger partial charge in [0.2, 0.25) is 0 Å². The summed E-state index contributed by atoms with van der Waals surface area (Å²) in [5.74, 6) is -0.216. The Morgan fingerprint density at radius 3 is 2.48 bits per heavy atom. The summed E-state index contributed by atoms with van der Waals surface area (Å²) in [5.41, 5.74) is 2.19. The van der Waals surface area contributed by atoms with Gasteiger partial charge in [0.15, 0.2) is 0 Å². The van der Waals surface area contributed by atoms with Gasteiger partial charge < -0.3 is 5.32 Å². The molecule has 0 aromatic heterocycles. The molecule has 21 heavy (non-hydrogen) atoms. The fraction of sp³-hybridized carbons (Fsp3) is 0.294. The Morgan fingerprint density at radius 1 is 1.10 bits per heavy atom. The molecular weight excluding hydrogens is 397 g/mol. The zero-order valence-electron chi connectivity index (χ0n) is 11.9. The third-order valence-electron chi connectivity index (χ3n) is 3.35. The van der Waals surface area contributed by atoms with Gasteiger partial charge in [0, 0.05) is 10.5 Å². The molecule has 1 unspecified atom stereocenters. The van der Waals surface area contributed by atoms with E-state index < -0.39 is 0 Å². The molecule has 1 nitrogen and oxygen atoms in total. The van der Waals surface area contributed by atoms with E-state index >= 15 is 0 Å². The van der Waals surface area contributed by atoms with Crippen LogP contribution in [0, 0.1) is 5.82 Å². The SMILES string of the molecule is CCCNC(Cc1ccc(Br)cc1)c1cccc(F)c1Br. The first-order valence-corrected chi connectivity index (χ1v) is 8.62. The van der Waals surface area contributed by atoms with Gasteiger partial charge in [0.25, 0.3) is 0 Å². The first kappa shape index (κ1) is 16.7. The van der Waals surface area contributed by atoms with Crippen molar-refractivity contribution in [2.24, 2.45) is 0 Å². The van der Waals surface area contributed by atoms with Crippen LogP contribution in [0.3, 0.4) is 0 Å².